The molecular formula is C18H21F3O3. The van der Waals surface area contributed by atoms with E-state index < -0.39 is 23.7 Å². The van der Waals surface area contributed by atoms with Crippen LogP contribution < -0.4 is 0 Å². The highest BCUT2D eigenvalue weighted by Crippen LogP contribution is 2.60. The summed E-state index contributed by atoms with van der Waals surface area (Å²) in [6, 6.07) is 7.58. The number of esters is 1. The van der Waals surface area contributed by atoms with Gasteiger partial charge in [-0.3, -0.25) is 0 Å². The van der Waals surface area contributed by atoms with Gasteiger partial charge in [-0.1, -0.05) is 50.1 Å². The zero-order chi connectivity index (χ0) is 17.8. The van der Waals surface area contributed by atoms with Gasteiger partial charge < -0.3 is 9.47 Å². The van der Waals surface area contributed by atoms with Gasteiger partial charge in [-0.2, -0.15) is 13.2 Å². The lowest BCUT2D eigenvalue weighted by molar-refractivity contribution is -0.336. The van der Waals surface area contributed by atoms with Crippen molar-refractivity contribution in [2.45, 2.75) is 44.9 Å². The Kier molecular flexibility index (Phi) is 5.57. The van der Waals surface area contributed by atoms with Crippen molar-refractivity contribution < 1.29 is 27.4 Å². The molecule has 0 saturated carbocycles. The van der Waals surface area contributed by atoms with E-state index in [2.05, 4.69) is 0 Å². The first kappa shape index (κ1) is 18.4. The highest BCUT2D eigenvalue weighted by Gasteiger charge is 2.70. The fraction of sp³-hybridized carbons (Fsp3) is 0.500. The Morgan fingerprint density at radius 1 is 1.29 bits per heavy atom. The second kappa shape index (κ2) is 7.28. The molecule has 1 aromatic carbocycles. The van der Waals surface area contributed by atoms with E-state index in [1.807, 2.05) is 6.92 Å². The third kappa shape index (κ3) is 3.28. The average Bonchev–Trinajstić information content (AvgIpc) is 2.51. The molecule has 0 aromatic heterocycles. The summed E-state index contributed by atoms with van der Waals surface area (Å²) < 4.78 is 51.8. The van der Waals surface area contributed by atoms with Gasteiger partial charge in [-0.25, -0.2) is 4.79 Å². The maximum Gasteiger partial charge on any atom is 0.433 e. The number of hydrogen-bond acceptors (Lipinski definition) is 3. The van der Waals surface area contributed by atoms with Crippen LogP contribution in [0, 0.1) is 5.92 Å². The van der Waals surface area contributed by atoms with E-state index in [4.69, 9.17) is 9.47 Å². The smallest absolute Gasteiger partial charge is 0.433 e. The van der Waals surface area contributed by atoms with Crippen LogP contribution in [0.25, 0.3) is 0 Å². The molecule has 24 heavy (non-hydrogen) atoms. The van der Waals surface area contributed by atoms with Crippen LogP contribution in [0.1, 0.15) is 38.7 Å². The number of rotatable bonds is 6. The van der Waals surface area contributed by atoms with Crippen LogP contribution in [-0.2, 0) is 19.9 Å². The topological polar surface area (TPSA) is 35.5 Å². The second-order valence-electron chi connectivity index (χ2n) is 5.70. The fourth-order valence-electron chi connectivity index (χ4n) is 3.02. The van der Waals surface area contributed by atoms with Crippen LogP contribution in [0.5, 0.6) is 0 Å². The largest absolute Gasteiger partial charge is 0.476 e. The Morgan fingerprint density at radius 2 is 1.96 bits per heavy atom. The quantitative estimate of drug-likeness (QED) is 0.554. The molecule has 1 saturated heterocycles. The molecule has 0 aliphatic carbocycles. The van der Waals surface area contributed by atoms with Crippen molar-refractivity contribution in [3.63, 3.8) is 0 Å². The van der Waals surface area contributed by atoms with E-state index in [1.165, 1.54) is 12.1 Å². The van der Waals surface area contributed by atoms with Gasteiger partial charge in [-0.15, -0.1) is 0 Å². The van der Waals surface area contributed by atoms with Crippen LogP contribution in [-0.4, -0.2) is 18.8 Å². The normalized spacial score (nSPS) is 25.0. The molecular weight excluding hydrogens is 321 g/mol. The molecule has 1 heterocycles. The molecule has 0 unspecified atom stereocenters. The molecule has 3 nitrogen and oxygen atoms in total. The van der Waals surface area contributed by atoms with E-state index >= 15 is 0 Å². The summed E-state index contributed by atoms with van der Waals surface area (Å²) >= 11 is 0. The number of carbonyl (C=O) groups excluding carboxylic acids is 1. The summed E-state index contributed by atoms with van der Waals surface area (Å²) in [5, 5.41) is 0. The molecule has 2 atom stereocenters. The van der Waals surface area contributed by atoms with Gasteiger partial charge in [-0.05, 0) is 13.3 Å². The molecule has 0 amide bonds. The molecule has 0 bridgehead atoms. The Hall–Kier alpha value is -1.98. The van der Waals surface area contributed by atoms with Gasteiger partial charge in [0.15, 0.2) is 0 Å². The monoisotopic (exact) mass is 342 g/mol. The lowest BCUT2D eigenvalue weighted by atomic mass is 9.71. The molecule has 0 N–H and O–H groups in total. The van der Waals surface area contributed by atoms with Crippen LogP contribution in [0.15, 0.2) is 42.2 Å². The summed E-state index contributed by atoms with van der Waals surface area (Å²) in [6.07, 6.45) is -1.89. The Bertz CT molecular complexity index is 595. The Morgan fingerprint density at radius 3 is 2.50 bits per heavy atom. The summed E-state index contributed by atoms with van der Waals surface area (Å²) in [5.74, 6) is -1.56. The van der Waals surface area contributed by atoms with Crippen LogP contribution in [0.3, 0.4) is 0 Å². The van der Waals surface area contributed by atoms with Crippen molar-refractivity contribution in [1.82, 2.24) is 0 Å². The lowest BCUT2D eigenvalue weighted by Gasteiger charge is -2.52. The first-order valence-electron chi connectivity index (χ1n) is 8.06. The summed E-state index contributed by atoms with van der Waals surface area (Å²) in [7, 11) is 0. The first-order valence-corrected chi connectivity index (χ1v) is 8.06. The minimum atomic E-state index is -4.58. The molecule has 1 aliphatic rings. The van der Waals surface area contributed by atoms with Crippen LogP contribution >= 0.6 is 0 Å². The van der Waals surface area contributed by atoms with Crippen molar-refractivity contribution in [3.05, 3.63) is 47.7 Å². The van der Waals surface area contributed by atoms with E-state index in [9.17, 15) is 18.0 Å². The summed E-state index contributed by atoms with van der Waals surface area (Å²) in [6.45, 7) is 3.70. The number of hydrogen-bond donors (Lipinski definition) is 0. The zero-order valence-electron chi connectivity index (χ0n) is 13.7. The number of carbonyl (C=O) groups is 1. The van der Waals surface area contributed by atoms with Crippen molar-refractivity contribution in [1.29, 1.82) is 0 Å². The molecule has 132 valence electrons. The van der Waals surface area contributed by atoms with Gasteiger partial charge >= 0.3 is 12.1 Å². The van der Waals surface area contributed by atoms with Crippen LogP contribution in [0.4, 0.5) is 13.2 Å². The molecule has 1 fully saturated rings. The zero-order valence-corrected chi connectivity index (χ0v) is 13.7. The van der Waals surface area contributed by atoms with Gasteiger partial charge in [0.2, 0.25) is 5.60 Å². The summed E-state index contributed by atoms with van der Waals surface area (Å²) in [4.78, 5) is 11.6. The number of unbranched alkanes of at least 4 members (excludes halogenated alkanes) is 1. The second-order valence-corrected chi connectivity index (χ2v) is 5.70. The van der Waals surface area contributed by atoms with Crippen molar-refractivity contribution in [2.75, 3.05) is 6.61 Å². The molecule has 1 aliphatic heterocycles. The highest BCUT2D eigenvalue weighted by molar-refractivity contribution is 5.82. The number of ether oxygens (including phenoxy) is 2. The average molecular weight is 342 g/mol. The number of benzene rings is 1. The molecule has 0 radical (unpaired) electrons. The minimum Gasteiger partial charge on any atom is -0.476 e. The third-order valence-corrected chi connectivity index (χ3v) is 4.13. The Labute approximate surface area is 139 Å². The van der Waals surface area contributed by atoms with E-state index in [1.54, 1.807) is 25.1 Å². The predicted octanol–water partition coefficient (Wildman–Crippen LogP) is 4.73. The van der Waals surface area contributed by atoms with Crippen molar-refractivity contribution in [2.24, 2.45) is 5.92 Å². The van der Waals surface area contributed by atoms with Crippen LogP contribution in [0.2, 0.25) is 0 Å². The Balaban J connectivity index is 2.42. The first-order chi connectivity index (χ1) is 11.4. The molecule has 6 heteroatoms. The molecule has 0 spiro atoms. The van der Waals surface area contributed by atoms with E-state index in [-0.39, 0.29) is 24.4 Å². The number of alkyl halides is 3. The predicted molar refractivity (Wildman–Crippen MR) is 83.0 cm³/mol. The minimum absolute atomic E-state index is 0.0445. The van der Waals surface area contributed by atoms with Gasteiger partial charge in [0, 0.05) is 5.56 Å². The number of halogens is 3. The molecule has 2 rings (SSSR count). The maximum absolute atomic E-state index is 13.9. The maximum atomic E-state index is 13.9. The van der Waals surface area contributed by atoms with Gasteiger partial charge in [0.05, 0.1) is 18.6 Å². The van der Waals surface area contributed by atoms with Gasteiger partial charge in [0.25, 0.3) is 0 Å². The third-order valence-electron chi connectivity index (χ3n) is 4.13. The standard InChI is InChI=1S/C18H21F3O3/c1-3-5-11-14-15(12-16(22)23-4-2)24-17(14,18(19,20)21)13-9-7-6-8-10-13/h6-10,12,14H,3-5,11H2,1-2H3/t14-,17+/m1/s1. The SMILES string of the molecule is CCCC[C@@H]1C(=CC(=O)OCC)O[C@]1(c1ccccc1)C(F)(F)F. The van der Waals surface area contributed by atoms with Gasteiger partial charge in [0.1, 0.15) is 5.76 Å². The summed E-state index contributed by atoms with van der Waals surface area (Å²) in [5.41, 5.74) is -2.35. The van der Waals surface area contributed by atoms with Crippen molar-refractivity contribution >= 4 is 5.97 Å². The molecule has 1 aromatic rings. The fourth-order valence-corrected chi connectivity index (χ4v) is 3.02. The lowest BCUT2D eigenvalue weighted by Crippen LogP contribution is -2.59. The highest BCUT2D eigenvalue weighted by atomic mass is 19.4. The van der Waals surface area contributed by atoms with E-state index in [0.717, 1.165) is 12.5 Å². The van der Waals surface area contributed by atoms with E-state index in [0.29, 0.717) is 6.42 Å². The van der Waals surface area contributed by atoms with Crippen molar-refractivity contribution in [3.8, 4) is 0 Å².